The summed E-state index contributed by atoms with van der Waals surface area (Å²) in [7, 11) is 0. The monoisotopic (exact) mass is 264 g/mol. The third-order valence-corrected chi connectivity index (χ3v) is 3.49. The van der Waals surface area contributed by atoms with Crippen LogP contribution in [-0.2, 0) is 5.54 Å². The minimum Gasteiger partial charge on any atom is -0.337 e. The Morgan fingerprint density at radius 1 is 1.44 bits per heavy atom. The summed E-state index contributed by atoms with van der Waals surface area (Å²) in [6, 6.07) is 3.49. The van der Waals surface area contributed by atoms with Crippen LogP contribution in [0, 0.1) is 5.92 Å². The van der Waals surface area contributed by atoms with E-state index in [-0.39, 0.29) is 0 Å². The number of halogens is 1. The Balaban J connectivity index is 1.91. The molecule has 94 valence electrons. The SMILES string of the molecule is CC(N)(c1nc(-c2ccc(Cl)cn2)no1)C1CC1. The lowest BCUT2D eigenvalue weighted by atomic mass is 9.97. The normalized spacial score (nSPS) is 18.6. The van der Waals surface area contributed by atoms with Crippen LogP contribution in [0.4, 0.5) is 0 Å². The first kappa shape index (κ1) is 11.6. The molecule has 1 aliphatic carbocycles. The molecule has 5 nitrogen and oxygen atoms in total. The molecule has 0 aliphatic heterocycles. The molecule has 1 saturated carbocycles. The molecule has 1 unspecified atom stereocenters. The van der Waals surface area contributed by atoms with Crippen molar-refractivity contribution in [3.8, 4) is 11.5 Å². The maximum absolute atomic E-state index is 6.22. The summed E-state index contributed by atoms with van der Waals surface area (Å²) in [5.41, 5.74) is 6.30. The Hall–Kier alpha value is -1.46. The third-order valence-electron chi connectivity index (χ3n) is 3.27. The first-order valence-electron chi connectivity index (χ1n) is 5.82. The average molecular weight is 265 g/mol. The van der Waals surface area contributed by atoms with Crippen molar-refractivity contribution >= 4 is 11.6 Å². The van der Waals surface area contributed by atoms with Gasteiger partial charge in [0.1, 0.15) is 5.69 Å². The van der Waals surface area contributed by atoms with Crippen LogP contribution in [0.15, 0.2) is 22.9 Å². The fourth-order valence-electron chi connectivity index (χ4n) is 1.91. The van der Waals surface area contributed by atoms with Crippen molar-refractivity contribution in [1.82, 2.24) is 15.1 Å². The largest absolute Gasteiger partial charge is 0.337 e. The molecule has 2 heterocycles. The van der Waals surface area contributed by atoms with Crippen LogP contribution in [0.3, 0.4) is 0 Å². The topological polar surface area (TPSA) is 77.8 Å². The summed E-state index contributed by atoms with van der Waals surface area (Å²) in [4.78, 5) is 8.48. The van der Waals surface area contributed by atoms with Crippen LogP contribution in [0.25, 0.3) is 11.5 Å². The highest BCUT2D eigenvalue weighted by Gasteiger charge is 2.43. The second-order valence-corrected chi connectivity index (χ2v) is 5.28. The van der Waals surface area contributed by atoms with Gasteiger partial charge in [0, 0.05) is 6.20 Å². The van der Waals surface area contributed by atoms with Gasteiger partial charge in [0.05, 0.1) is 10.6 Å². The first-order chi connectivity index (χ1) is 8.57. The fraction of sp³-hybridized carbons (Fsp3) is 0.417. The maximum Gasteiger partial charge on any atom is 0.247 e. The number of rotatable bonds is 3. The molecule has 2 N–H and O–H groups in total. The Labute approximate surface area is 109 Å². The zero-order chi connectivity index (χ0) is 12.8. The molecule has 0 amide bonds. The minimum absolute atomic E-state index is 0.434. The summed E-state index contributed by atoms with van der Waals surface area (Å²) in [5.74, 6) is 1.35. The van der Waals surface area contributed by atoms with Gasteiger partial charge < -0.3 is 10.3 Å². The maximum atomic E-state index is 6.22. The van der Waals surface area contributed by atoms with Gasteiger partial charge in [-0.05, 0) is 37.8 Å². The lowest BCUT2D eigenvalue weighted by molar-refractivity contribution is 0.273. The van der Waals surface area contributed by atoms with E-state index in [1.54, 1.807) is 18.3 Å². The quantitative estimate of drug-likeness (QED) is 0.921. The molecular weight excluding hydrogens is 252 g/mol. The van der Waals surface area contributed by atoms with Gasteiger partial charge in [-0.2, -0.15) is 4.98 Å². The van der Waals surface area contributed by atoms with Crippen LogP contribution in [0.5, 0.6) is 0 Å². The minimum atomic E-state index is -0.544. The molecule has 0 spiro atoms. The molecule has 0 radical (unpaired) electrons. The van der Waals surface area contributed by atoms with Crippen molar-refractivity contribution in [2.24, 2.45) is 11.7 Å². The standard InChI is InChI=1S/C12H13ClN4O/c1-12(14,7-2-3-7)11-16-10(17-18-11)9-5-4-8(13)6-15-9/h4-7H,2-3,14H2,1H3. The summed E-state index contributed by atoms with van der Waals surface area (Å²) >= 11 is 5.78. The summed E-state index contributed by atoms with van der Waals surface area (Å²) in [6.07, 6.45) is 3.78. The number of aromatic nitrogens is 3. The molecule has 0 bridgehead atoms. The molecule has 0 aromatic carbocycles. The highest BCUT2D eigenvalue weighted by atomic mass is 35.5. The predicted octanol–water partition coefficient (Wildman–Crippen LogP) is 2.37. The number of nitrogens with zero attached hydrogens (tertiary/aromatic N) is 3. The van der Waals surface area contributed by atoms with E-state index in [9.17, 15) is 0 Å². The third kappa shape index (κ3) is 2.00. The van der Waals surface area contributed by atoms with Gasteiger partial charge in [-0.3, -0.25) is 4.98 Å². The van der Waals surface area contributed by atoms with Gasteiger partial charge in [0.2, 0.25) is 11.7 Å². The Morgan fingerprint density at radius 3 is 2.83 bits per heavy atom. The van der Waals surface area contributed by atoms with Crippen molar-refractivity contribution in [1.29, 1.82) is 0 Å². The van der Waals surface area contributed by atoms with Gasteiger partial charge in [0.25, 0.3) is 0 Å². The Bertz CT molecular complexity index is 560. The molecule has 3 rings (SSSR count). The molecular formula is C12H13ClN4O. The van der Waals surface area contributed by atoms with E-state index >= 15 is 0 Å². The van der Waals surface area contributed by atoms with Gasteiger partial charge in [-0.25, -0.2) is 0 Å². The molecule has 2 aromatic rings. The first-order valence-corrected chi connectivity index (χ1v) is 6.20. The van der Waals surface area contributed by atoms with E-state index in [1.165, 1.54) is 0 Å². The van der Waals surface area contributed by atoms with E-state index in [4.69, 9.17) is 21.9 Å². The van der Waals surface area contributed by atoms with Crippen LogP contribution < -0.4 is 5.73 Å². The van der Waals surface area contributed by atoms with Crippen LogP contribution in [0.1, 0.15) is 25.7 Å². The van der Waals surface area contributed by atoms with Crippen molar-refractivity contribution in [2.45, 2.75) is 25.3 Å². The Kier molecular flexibility index (Phi) is 2.60. The van der Waals surface area contributed by atoms with Crippen molar-refractivity contribution < 1.29 is 4.52 Å². The molecule has 1 fully saturated rings. The van der Waals surface area contributed by atoms with Crippen LogP contribution in [-0.4, -0.2) is 15.1 Å². The zero-order valence-corrected chi connectivity index (χ0v) is 10.7. The van der Waals surface area contributed by atoms with E-state index in [2.05, 4.69) is 15.1 Å². The van der Waals surface area contributed by atoms with E-state index in [0.717, 1.165) is 12.8 Å². The summed E-state index contributed by atoms with van der Waals surface area (Å²) in [5, 5.41) is 4.49. The smallest absolute Gasteiger partial charge is 0.247 e. The Morgan fingerprint density at radius 2 is 2.22 bits per heavy atom. The summed E-state index contributed by atoms with van der Waals surface area (Å²) in [6.45, 7) is 1.93. The van der Waals surface area contributed by atoms with E-state index in [0.29, 0.717) is 28.3 Å². The van der Waals surface area contributed by atoms with Gasteiger partial charge in [0.15, 0.2) is 0 Å². The molecule has 2 aromatic heterocycles. The molecule has 1 atom stereocenters. The molecule has 1 aliphatic rings. The van der Waals surface area contributed by atoms with Crippen molar-refractivity contribution in [3.05, 3.63) is 29.2 Å². The molecule has 6 heteroatoms. The van der Waals surface area contributed by atoms with E-state index in [1.807, 2.05) is 6.92 Å². The van der Waals surface area contributed by atoms with Gasteiger partial charge in [-0.15, -0.1) is 0 Å². The van der Waals surface area contributed by atoms with Gasteiger partial charge in [-0.1, -0.05) is 16.8 Å². The average Bonchev–Trinajstić information content (AvgIpc) is 3.09. The van der Waals surface area contributed by atoms with Crippen LogP contribution >= 0.6 is 11.6 Å². The highest BCUT2D eigenvalue weighted by molar-refractivity contribution is 6.30. The number of hydrogen-bond donors (Lipinski definition) is 1. The molecule has 0 saturated heterocycles. The van der Waals surface area contributed by atoms with Gasteiger partial charge >= 0.3 is 0 Å². The van der Waals surface area contributed by atoms with Crippen molar-refractivity contribution in [3.63, 3.8) is 0 Å². The van der Waals surface area contributed by atoms with Crippen LogP contribution in [0.2, 0.25) is 5.02 Å². The predicted molar refractivity (Wildman–Crippen MR) is 66.8 cm³/mol. The lowest BCUT2D eigenvalue weighted by Gasteiger charge is -2.18. The fourth-order valence-corrected chi connectivity index (χ4v) is 2.02. The number of nitrogens with two attached hydrogens (primary N) is 1. The molecule has 18 heavy (non-hydrogen) atoms. The second-order valence-electron chi connectivity index (χ2n) is 4.84. The second kappa shape index (κ2) is 4.03. The number of hydrogen-bond acceptors (Lipinski definition) is 5. The lowest BCUT2D eigenvalue weighted by Crippen LogP contribution is -2.35. The number of pyridine rings is 1. The van der Waals surface area contributed by atoms with Crippen molar-refractivity contribution in [2.75, 3.05) is 0 Å². The highest BCUT2D eigenvalue weighted by Crippen LogP contribution is 2.43. The zero-order valence-electron chi connectivity index (χ0n) is 9.93. The summed E-state index contributed by atoms with van der Waals surface area (Å²) < 4.78 is 5.26. The van der Waals surface area contributed by atoms with E-state index < -0.39 is 5.54 Å².